The number of carbonyl (C=O) groups is 3. The Labute approximate surface area is 171 Å². The van der Waals surface area contributed by atoms with Crippen molar-refractivity contribution in [1.29, 1.82) is 0 Å². The normalized spacial score (nSPS) is 44.6. The first kappa shape index (κ1) is 20.2. The molecule has 2 bridgehead atoms. The third-order valence-corrected chi connectivity index (χ3v) is 8.60. The number of hydrogen-bond acceptors (Lipinski definition) is 6. The fourth-order valence-electron chi connectivity index (χ4n) is 7.75. The van der Waals surface area contributed by atoms with Crippen LogP contribution in [0.5, 0.6) is 0 Å². The molecule has 7 atom stereocenters. The predicted molar refractivity (Wildman–Crippen MR) is 104 cm³/mol. The predicted octanol–water partition coefficient (Wildman–Crippen LogP) is 3.07. The van der Waals surface area contributed by atoms with E-state index in [2.05, 4.69) is 6.58 Å². The molecule has 3 saturated carbocycles. The molecule has 4 rings (SSSR count). The molecule has 0 amide bonds. The van der Waals surface area contributed by atoms with Gasteiger partial charge in [-0.25, -0.2) is 0 Å². The molecule has 4 aliphatic rings. The average molecular weight is 402 g/mol. The molecular formula is C23H30O6. The Balaban J connectivity index is 2.01. The van der Waals surface area contributed by atoms with Crippen LogP contribution in [0.15, 0.2) is 24.3 Å². The highest BCUT2D eigenvalue weighted by Crippen LogP contribution is 2.77. The minimum absolute atomic E-state index is 0.0685. The molecule has 0 radical (unpaired) electrons. The van der Waals surface area contributed by atoms with Crippen molar-refractivity contribution in [3.8, 4) is 0 Å². The SMILES string of the molecule is C=C1C[C@]23C[C@H]1CC[C@H]2[C@]1(C(=O)OC)CC=C[C@@](C)(C(=O)OC)[C@H]1[C@@H]3C(=O)OC. The van der Waals surface area contributed by atoms with Gasteiger partial charge in [0.05, 0.1) is 38.1 Å². The second-order valence-electron chi connectivity index (χ2n) is 9.49. The lowest BCUT2D eigenvalue weighted by atomic mass is 9.54. The van der Waals surface area contributed by atoms with Gasteiger partial charge >= 0.3 is 17.9 Å². The first-order valence-corrected chi connectivity index (χ1v) is 10.3. The highest BCUT2D eigenvalue weighted by atomic mass is 16.5. The number of ether oxygens (including phenoxy) is 3. The van der Waals surface area contributed by atoms with Crippen LogP contribution in [0.2, 0.25) is 0 Å². The van der Waals surface area contributed by atoms with E-state index < -0.39 is 34.1 Å². The smallest absolute Gasteiger partial charge is 0.315 e. The van der Waals surface area contributed by atoms with Gasteiger partial charge in [0.1, 0.15) is 0 Å². The first-order chi connectivity index (χ1) is 13.7. The van der Waals surface area contributed by atoms with Gasteiger partial charge in [0.2, 0.25) is 0 Å². The van der Waals surface area contributed by atoms with Gasteiger partial charge in [-0.1, -0.05) is 24.3 Å². The Bertz CT molecular complexity index is 814. The number of rotatable bonds is 3. The highest BCUT2D eigenvalue weighted by Gasteiger charge is 2.78. The number of carbonyl (C=O) groups excluding carboxylic acids is 3. The summed E-state index contributed by atoms with van der Waals surface area (Å²) >= 11 is 0. The summed E-state index contributed by atoms with van der Waals surface area (Å²) in [6, 6.07) is 0. The van der Waals surface area contributed by atoms with Gasteiger partial charge in [-0.2, -0.15) is 0 Å². The van der Waals surface area contributed by atoms with Crippen molar-refractivity contribution >= 4 is 17.9 Å². The molecule has 6 heteroatoms. The Morgan fingerprint density at radius 2 is 1.76 bits per heavy atom. The Morgan fingerprint density at radius 3 is 2.38 bits per heavy atom. The number of fused-ring (bicyclic) bond motifs is 3. The van der Waals surface area contributed by atoms with Crippen LogP contribution < -0.4 is 0 Å². The molecule has 158 valence electrons. The largest absolute Gasteiger partial charge is 0.469 e. The molecule has 29 heavy (non-hydrogen) atoms. The summed E-state index contributed by atoms with van der Waals surface area (Å²) in [5.41, 5.74) is -1.37. The standard InChI is InChI=1S/C23H30O6/c1-13-11-22-12-14(13)7-8-15(22)23(20(26)29-5)10-6-9-21(2,19(25)28-4)17(23)16(22)18(24)27-3/h6,9,14-17H,1,7-8,10-12H2,2-5H3/t14-,15-,16-,17-,21-,22+,23-/m1/s1. The van der Waals surface area contributed by atoms with Gasteiger partial charge in [-0.3, -0.25) is 14.4 Å². The molecule has 0 aromatic carbocycles. The van der Waals surface area contributed by atoms with E-state index in [1.165, 1.54) is 21.3 Å². The molecule has 0 N–H and O–H groups in total. The van der Waals surface area contributed by atoms with Gasteiger partial charge in [0.25, 0.3) is 0 Å². The molecule has 0 heterocycles. The van der Waals surface area contributed by atoms with Gasteiger partial charge in [-0.15, -0.1) is 0 Å². The summed E-state index contributed by atoms with van der Waals surface area (Å²) in [6.07, 6.45) is 7.42. The zero-order chi connectivity index (χ0) is 21.2. The van der Waals surface area contributed by atoms with Crippen LogP contribution in [0.25, 0.3) is 0 Å². The Hall–Kier alpha value is -2.11. The molecule has 0 unspecified atom stereocenters. The van der Waals surface area contributed by atoms with Gasteiger partial charge < -0.3 is 14.2 Å². The van der Waals surface area contributed by atoms with E-state index in [0.29, 0.717) is 18.8 Å². The van der Waals surface area contributed by atoms with E-state index in [1.807, 2.05) is 12.2 Å². The number of hydrogen-bond donors (Lipinski definition) is 0. The molecule has 6 nitrogen and oxygen atoms in total. The van der Waals surface area contributed by atoms with Gasteiger partial charge in [0, 0.05) is 5.92 Å². The zero-order valence-corrected chi connectivity index (χ0v) is 17.7. The molecular weight excluding hydrogens is 372 g/mol. The summed E-state index contributed by atoms with van der Waals surface area (Å²) in [5, 5.41) is 0. The summed E-state index contributed by atoms with van der Waals surface area (Å²) in [6.45, 7) is 6.07. The molecule has 1 spiro atoms. The van der Waals surface area contributed by atoms with Crippen molar-refractivity contribution in [3.63, 3.8) is 0 Å². The second kappa shape index (κ2) is 6.44. The summed E-state index contributed by atoms with van der Waals surface area (Å²) < 4.78 is 15.8. The minimum Gasteiger partial charge on any atom is -0.469 e. The van der Waals surface area contributed by atoms with Crippen LogP contribution in [-0.2, 0) is 28.6 Å². The monoisotopic (exact) mass is 402 g/mol. The van der Waals surface area contributed by atoms with Crippen LogP contribution in [0.3, 0.4) is 0 Å². The maximum atomic E-state index is 13.5. The first-order valence-electron chi connectivity index (χ1n) is 10.3. The number of allylic oxidation sites excluding steroid dienone is 2. The molecule has 0 aliphatic heterocycles. The van der Waals surface area contributed by atoms with Crippen LogP contribution >= 0.6 is 0 Å². The fourth-order valence-corrected chi connectivity index (χ4v) is 7.75. The lowest BCUT2D eigenvalue weighted by Gasteiger charge is -2.47. The third kappa shape index (κ3) is 2.26. The molecule has 0 aromatic rings. The van der Waals surface area contributed by atoms with Crippen molar-refractivity contribution in [2.75, 3.05) is 21.3 Å². The van der Waals surface area contributed by atoms with E-state index in [1.54, 1.807) is 6.92 Å². The molecule has 3 fully saturated rings. The fraction of sp³-hybridized carbons (Fsp3) is 0.696. The maximum Gasteiger partial charge on any atom is 0.315 e. The quantitative estimate of drug-likeness (QED) is 0.410. The number of esters is 3. The number of methoxy groups -OCH3 is 3. The summed E-state index contributed by atoms with van der Waals surface area (Å²) in [7, 11) is 4.11. The second-order valence-corrected chi connectivity index (χ2v) is 9.49. The van der Waals surface area contributed by atoms with Crippen molar-refractivity contribution in [1.82, 2.24) is 0 Å². The van der Waals surface area contributed by atoms with E-state index in [-0.39, 0.29) is 17.9 Å². The van der Waals surface area contributed by atoms with Crippen LogP contribution in [0.4, 0.5) is 0 Å². The van der Waals surface area contributed by atoms with Gasteiger partial charge in [0.15, 0.2) is 0 Å². The van der Waals surface area contributed by atoms with Crippen LogP contribution in [0.1, 0.15) is 39.0 Å². The van der Waals surface area contributed by atoms with Crippen molar-refractivity contribution in [2.45, 2.75) is 39.0 Å². The van der Waals surface area contributed by atoms with Crippen molar-refractivity contribution < 1.29 is 28.6 Å². The zero-order valence-electron chi connectivity index (χ0n) is 17.7. The average Bonchev–Trinajstić information content (AvgIpc) is 3.14. The minimum atomic E-state index is -1.12. The maximum absolute atomic E-state index is 13.5. The van der Waals surface area contributed by atoms with E-state index >= 15 is 0 Å². The van der Waals surface area contributed by atoms with E-state index in [0.717, 1.165) is 24.8 Å². The third-order valence-electron chi connectivity index (χ3n) is 8.60. The molecule has 0 saturated heterocycles. The lowest BCUT2D eigenvalue weighted by molar-refractivity contribution is -0.172. The molecule has 0 aromatic heterocycles. The summed E-state index contributed by atoms with van der Waals surface area (Å²) in [5.74, 6) is -2.02. The molecule has 4 aliphatic carbocycles. The Kier molecular flexibility index (Phi) is 4.48. The van der Waals surface area contributed by atoms with Crippen molar-refractivity contribution in [2.24, 2.45) is 39.9 Å². The van der Waals surface area contributed by atoms with Crippen LogP contribution in [-0.4, -0.2) is 39.2 Å². The lowest BCUT2D eigenvalue weighted by Crippen LogP contribution is -2.53. The van der Waals surface area contributed by atoms with Gasteiger partial charge in [-0.05, 0) is 56.3 Å². The topological polar surface area (TPSA) is 78.9 Å². The van der Waals surface area contributed by atoms with Crippen molar-refractivity contribution in [3.05, 3.63) is 24.3 Å². The Morgan fingerprint density at radius 1 is 1.07 bits per heavy atom. The highest BCUT2D eigenvalue weighted by molar-refractivity contribution is 5.89. The van der Waals surface area contributed by atoms with E-state index in [4.69, 9.17) is 14.2 Å². The van der Waals surface area contributed by atoms with Crippen LogP contribution in [0, 0.1) is 39.9 Å². The summed E-state index contributed by atoms with van der Waals surface area (Å²) in [4.78, 5) is 39.8. The van der Waals surface area contributed by atoms with E-state index in [9.17, 15) is 14.4 Å².